The second kappa shape index (κ2) is 12.0. The minimum Gasteiger partial charge on any atom is -0.495 e. The number of hydrogen-bond acceptors (Lipinski definition) is 6. The van der Waals surface area contributed by atoms with E-state index in [1.54, 1.807) is 12.1 Å². The van der Waals surface area contributed by atoms with Crippen molar-refractivity contribution in [1.29, 1.82) is 0 Å². The average Bonchev–Trinajstić information content (AvgIpc) is 2.90. The molecule has 0 atom stereocenters. The Morgan fingerprint density at radius 3 is 2.42 bits per heavy atom. The molecule has 8 nitrogen and oxygen atoms in total. The molecule has 0 heterocycles. The number of fused-ring (bicyclic) bond motifs is 1. The van der Waals surface area contributed by atoms with Crippen molar-refractivity contribution in [1.82, 2.24) is 5.43 Å². The highest BCUT2D eigenvalue weighted by molar-refractivity contribution is 7.92. The van der Waals surface area contributed by atoms with Crippen LogP contribution in [0.25, 0.3) is 10.8 Å². The fraction of sp³-hybridized carbons (Fsp3) is 0.143. The molecule has 4 aromatic rings. The maximum absolute atomic E-state index is 12.4. The van der Waals surface area contributed by atoms with Gasteiger partial charge in [-0.2, -0.15) is 5.10 Å². The largest absolute Gasteiger partial charge is 0.495 e. The van der Waals surface area contributed by atoms with Gasteiger partial charge in [-0.25, -0.2) is 13.8 Å². The van der Waals surface area contributed by atoms with Crippen LogP contribution >= 0.6 is 11.6 Å². The molecule has 0 aliphatic rings. The van der Waals surface area contributed by atoms with Crippen molar-refractivity contribution in [2.45, 2.75) is 6.61 Å². The van der Waals surface area contributed by atoms with Crippen molar-refractivity contribution in [3.05, 3.63) is 101 Å². The van der Waals surface area contributed by atoms with Gasteiger partial charge < -0.3 is 9.47 Å². The Hall–Kier alpha value is -4.08. The van der Waals surface area contributed by atoms with E-state index in [1.165, 1.54) is 36.9 Å². The third-order valence-corrected chi connectivity index (χ3v) is 7.05. The molecule has 196 valence electrons. The summed E-state index contributed by atoms with van der Waals surface area (Å²) in [5, 5.41) is 6.50. The molecule has 0 saturated heterocycles. The molecular formula is C28H26ClN3O5S. The second-order valence-corrected chi connectivity index (χ2v) is 10.7. The van der Waals surface area contributed by atoms with E-state index in [4.69, 9.17) is 21.1 Å². The molecular weight excluding hydrogens is 526 g/mol. The predicted octanol–water partition coefficient (Wildman–Crippen LogP) is 5.00. The van der Waals surface area contributed by atoms with Gasteiger partial charge in [0.2, 0.25) is 10.0 Å². The van der Waals surface area contributed by atoms with Crippen LogP contribution in [0, 0.1) is 0 Å². The third-order valence-electron chi connectivity index (χ3n) is 5.61. The first-order valence-electron chi connectivity index (χ1n) is 11.6. The van der Waals surface area contributed by atoms with Gasteiger partial charge in [-0.1, -0.05) is 48.0 Å². The highest BCUT2D eigenvalue weighted by atomic mass is 35.5. The first-order valence-corrected chi connectivity index (χ1v) is 13.8. The maximum Gasteiger partial charge on any atom is 0.260 e. The smallest absolute Gasteiger partial charge is 0.260 e. The summed E-state index contributed by atoms with van der Waals surface area (Å²) in [5.41, 5.74) is 4.38. The van der Waals surface area contributed by atoms with Crippen LogP contribution in [0.3, 0.4) is 0 Å². The van der Waals surface area contributed by atoms with Crippen LogP contribution in [0.2, 0.25) is 5.02 Å². The van der Waals surface area contributed by atoms with Crippen LogP contribution in [0.1, 0.15) is 11.1 Å². The lowest BCUT2D eigenvalue weighted by molar-refractivity contribution is -0.119. The molecule has 38 heavy (non-hydrogen) atoms. The summed E-state index contributed by atoms with van der Waals surface area (Å²) < 4.78 is 36.5. The molecule has 4 aromatic carbocycles. The lowest BCUT2D eigenvalue weighted by Gasteiger charge is -2.21. The summed E-state index contributed by atoms with van der Waals surface area (Å²) in [6.45, 7) is -0.0368. The van der Waals surface area contributed by atoms with Gasteiger partial charge in [-0.3, -0.25) is 9.10 Å². The zero-order valence-electron chi connectivity index (χ0n) is 20.8. The van der Waals surface area contributed by atoms with Gasteiger partial charge >= 0.3 is 0 Å². The SMILES string of the molecule is COc1ccc(N(CC(=O)N/N=C\c2ccc(OCc3ccc4ccccc4c3)cc2)S(C)(=O)=O)cc1Cl. The van der Waals surface area contributed by atoms with Crippen LogP contribution in [-0.4, -0.2) is 40.4 Å². The van der Waals surface area contributed by atoms with Crippen molar-refractivity contribution >= 4 is 50.2 Å². The molecule has 0 aliphatic carbocycles. The van der Waals surface area contributed by atoms with Crippen molar-refractivity contribution in [2.24, 2.45) is 5.10 Å². The monoisotopic (exact) mass is 551 g/mol. The van der Waals surface area contributed by atoms with Crippen molar-refractivity contribution in [2.75, 3.05) is 24.2 Å². The number of hydrazone groups is 1. The van der Waals surface area contributed by atoms with Crippen LogP contribution in [0.5, 0.6) is 11.5 Å². The summed E-state index contributed by atoms with van der Waals surface area (Å²) in [7, 11) is -2.31. The van der Waals surface area contributed by atoms with Gasteiger partial charge in [0.1, 0.15) is 24.7 Å². The zero-order valence-corrected chi connectivity index (χ0v) is 22.4. The lowest BCUT2D eigenvalue weighted by atomic mass is 10.1. The minimum absolute atomic E-state index is 0.224. The van der Waals surface area contributed by atoms with Gasteiger partial charge in [-0.05, 0) is 70.4 Å². The topological polar surface area (TPSA) is 97.3 Å². The number of benzene rings is 4. The van der Waals surface area contributed by atoms with Gasteiger partial charge in [0.05, 0.1) is 30.3 Å². The fourth-order valence-corrected chi connectivity index (χ4v) is 4.80. The van der Waals surface area contributed by atoms with E-state index in [-0.39, 0.29) is 10.7 Å². The number of sulfonamides is 1. The van der Waals surface area contributed by atoms with Crippen LogP contribution < -0.4 is 19.2 Å². The number of nitrogens with one attached hydrogen (secondary N) is 1. The number of nitrogens with zero attached hydrogens (tertiary/aromatic N) is 2. The first-order chi connectivity index (χ1) is 18.2. The maximum atomic E-state index is 12.4. The molecule has 0 fully saturated rings. The van der Waals surface area contributed by atoms with Gasteiger partial charge in [0.15, 0.2) is 0 Å². The van der Waals surface area contributed by atoms with Gasteiger partial charge in [0.25, 0.3) is 5.91 Å². The molecule has 4 rings (SSSR count). The van der Waals surface area contributed by atoms with E-state index < -0.39 is 22.5 Å². The summed E-state index contributed by atoms with van der Waals surface area (Å²) in [4.78, 5) is 12.4. The predicted molar refractivity (Wildman–Crippen MR) is 151 cm³/mol. The zero-order chi connectivity index (χ0) is 27.1. The van der Waals surface area contributed by atoms with Crippen LogP contribution in [0.15, 0.2) is 90.0 Å². The molecule has 0 aliphatic heterocycles. The highest BCUT2D eigenvalue weighted by Gasteiger charge is 2.21. The quantitative estimate of drug-likeness (QED) is 0.221. The Kier molecular flexibility index (Phi) is 8.50. The highest BCUT2D eigenvalue weighted by Crippen LogP contribution is 2.30. The van der Waals surface area contributed by atoms with Crippen molar-refractivity contribution < 1.29 is 22.7 Å². The molecule has 0 bridgehead atoms. The standard InChI is InChI=1S/C28H26ClN3O5S/c1-36-27-14-11-24(16-26(27)29)32(38(2,34)35)18-28(33)31-30-17-20-8-12-25(13-9-20)37-19-21-7-10-22-5-3-4-6-23(22)15-21/h3-17H,18-19H2,1-2H3,(H,31,33)/b30-17-. The summed E-state index contributed by atoms with van der Waals surface area (Å²) in [6, 6.07) is 26.0. The Morgan fingerprint density at radius 2 is 1.74 bits per heavy atom. The average molecular weight is 552 g/mol. The number of amides is 1. The van der Waals surface area contributed by atoms with E-state index in [9.17, 15) is 13.2 Å². The van der Waals surface area contributed by atoms with Crippen molar-refractivity contribution in [3.8, 4) is 11.5 Å². The van der Waals surface area contributed by atoms with Crippen molar-refractivity contribution in [3.63, 3.8) is 0 Å². The normalized spacial score (nSPS) is 11.4. The van der Waals surface area contributed by atoms with E-state index >= 15 is 0 Å². The van der Waals surface area contributed by atoms with E-state index in [0.717, 1.165) is 27.1 Å². The lowest BCUT2D eigenvalue weighted by Crippen LogP contribution is -2.39. The summed E-state index contributed by atoms with van der Waals surface area (Å²) in [5.74, 6) is 0.471. The molecule has 1 amide bonds. The van der Waals surface area contributed by atoms with Gasteiger partial charge in [0, 0.05) is 0 Å². The van der Waals surface area contributed by atoms with E-state index in [1.807, 2.05) is 30.3 Å². The Balaban J connectivity index is 1.32. The molecule has 10 heteroatoms. The number of halogens is 1. The number of carbonyl (C=O) groups is 1. The van der Waals surface area contributed by atoms with Crippen LogP contribution in [0.4, 0.5) is 5.69 Å². The number of rotatable bonds is 10. The molecule has 0 radical (unpaired) electrons. The Labute approximate surface area is 226 Å². The third kappa shape index (κ3) is 7.02. The minimum atomic E-state index is -3.76. The summed E-state index contributed by atoms with van der Waals surface area (Å²) >= 11 is 6.12. The number of hydrogen-bond donors (Lipinski definition) is 1. The Bertz CT molecular complexity index is 1570. The van der Waals surface area contributed by atoms with Crippen LogP contribution in [-0.2, 0) is 21.4 Å². The number of carbonyl (C=O) groups excluding carboxylic acids is 1. The van der Waals surface area contributed by atoms with E-state index in [0.29, 0.717) is 18.1 Å². The first kappa shape index (κ1) is 27.0. The fourth-order valence-electron chi connectivity index (χ4n) is 3.70. The second-order valence-electron chi connectivity index (χ2n) is 8.42. The summed E-state index contributed by atoms with van der Waals surface area (Å²) in [6.07, 6.45) is 2.46. The Morgan fingerprint density at radius 1 is 1.00 bits per heavy atom. The molecule has 0 saturated carbocycles. The van der Waals surface area contributed by atoms with E-state index in [2.05, 4.69) is 34.8 Å². The number of methoxy groups -OCH3 is 1. The molecule has 0 aromatic heterocycles. The molecule has 0 spiro atoms. The number of anilines is 1. The molecule has 0 unspecified atom stereocenters. The van der Waals surface area contributed by atoms with Gasteiger partial charge in [-0.15, -0.1) is 0 Å². The molecule has 1 N–H and O–H groups in total. The number of ether oxygens (including phenoxy) is 2.